The zero-order chi connectivity index (χ0) is 19.9. The summed E-state index contributed by atoms with van der Waals surface area (Å²) in [6.45, 7) is 9.63. The van der Waals surface area contributed by atoms with Crippen molar-refractivity contribution < 1.29 is 9.90 Å². The Kier molecular flexibility index (Phi) is 10.2. The third-order valence-corrected chi connectivity index (χ3v) is 5.38. The molecule has 28 heavy (non-hydrogen) atoms. The summed E-state index contributed by atoms with van der Waals surface area (Å²) in [5, 5.41) is 20.8. The number of fused-ring (bicyclic) bond motifs is 1. The number of rotatable bonds is 8. The molecule has 0 fully saturated rings. The molecule has 1 amide bonds. The molecule has 1 heterocycles. The van der Waals surface area contributed by atoms with E-state index in [1.165, 1.54) is 0 Å². The lowest BCUT2D eigenvalue weighted by atomic mass is 9.92. The van der Waals surface area contributed by atoms with Crippen LogP contribution in [0.15, 0.2) is 35.3 Å². The molecule has 2 rings (SSSR count). The highest BCUT2D eigenvalue weighted by Gasteiger charge is 2.27. The summed E-state index contributed by atoms with van der Waals surface area (Å²) in [5.74, 6) is 0.574. The molecule has 6 nitrogen and oxygen atoms in total. The molecule has 8 heteroatoms. The molecular weight excluding hydrogens is 487 g/mol. The molecular formula is C20H31IN4O2S. The van der Waals surface area contributed by atoms with Crippen LogP contribution >= 0.6 is 35.3 Å². The van der Waals surface area contributed by atoms with Crippen molar-refractivity contribution in [3.8, 4) is 0 Å². The van der Waals surface area contributed by atoms with Gasteiger partial charge < -0.3 is 21.1 Å². The number of nitrogens with one attached hydrogen (secondary N) is 3. The topological polar surface area (TPSA) is 85.8 Å². The minimum Gasteiger partial charge on any atom is -0.386 e. The lowest BCUT2D eigenvalue weighted by molar-refractivity contribution is -0.128. The molecule has 0 saturated carbocycles. The number of aliphatic hydroxyl groups excluding tert-OH is 1. The summed E-state index contributed by atoms with van der Waals surface area (Å²) in [6, 6.07) is 10.1. The number of thiophene rings is 1. The second-order valence-corrected chi connectivity index (χ2v) is 8.14. The lowest BCUT2D eigenvalue weighted by Gasteiger charge is -2.22. The average molecular weight is 518 g/mol. The summed E-state index contributed by atoms with van der Waals surface area (Å²) in [6.07, 6.45) is -0.623. The summed E-state index contributed by atoms with van der Waals surface area (Å²) in [4.78, 5) is 17.6. The van der Waals surface area contributed by atoms with Crippen LogP contribution in [-0.2, 0) is 4.79 Å². The van der Waals surface area contributed by atoms with Crippen LogP contribution in [0.3, 0.4) is 0 Å². The van der Waals surface area contributed by atoms with Crippen molar-refractivity contribution in [3.63, 3.8) is 0 Å². The summed E-state index contributed by atoms with van der Waals surface area (Å²) >= 11 is 1.59. The molecule has 0 spiro atoms. The quantitative estimate of drug-likeness (QED) is 0.246. The molecule has 0 bridgehead atoms. The van der Waals surface area contributed by atoms with Crippen molar-refractivity contribution in [2.45, 2.75) is 33.8 Å². The molecule has 0 aliphatic rings. The minimum absolute atomic E-state index is 0. The van der Waals surface area contributed by atoms with Crippen LogP contribution in [-0.4, -0.2) is 43.2 Å². The zero-order valence-corrected chi connectivity index (χ0v) is 20.1. The van der Waals surface area contributed by atoms with Gasteiger partial charge in [0.1, 0.15) is 6.10 Å². The maximum Gasteiger partial charge on any atom is 0.227 e. The highest BCUT2D eigenvalue weighted by atomic mass is 127. The number of hydrogen-bond donors (Lipinski definition) is 4. The fraction of sp³-hybridized carbons (Fsp3) is 0.500. The highest BCUT2D eigenvalue weighted by molar-refractivity contribution is 14.0. The van der Waals surface area contributed by atoms with E-state index in [0.717, 1.165) is 15.0 Å². The number of halogens is 1. The van der Waals surface area contributed by atoms with Crippen molar-refractivity contribution in [2.24, 2.45) is 10.4 Å². The average Bonchev–Trinajstić information content (AvgIpc) is 3.08. The van der Waals surface area contributed by atoms with Crippen LogP contribution in [0, 0.1) is 5.41 Å². The number of aliphatic imine (C=N–C) groups is 1. The smallest absolute Gasteiger partial charge is 0.227 e. The van der Waals surface area contributed by atoms with Crippen molar-refractivity contribution in [2.75, 3.05) is 26.2 Å². The van der Waals surface area contributed by atoms with Gasteiger partial charge in [0.05, 0.1) is 12.0 Å². The summed E-state index contributed by atoms with van der Waals surface area (Å²) < 4.78 is 1.16. The van der Waals surface area contributed by atoms with E-state index in [1.807, 2.05) is 52.0 Å². The van der Waals surface area contributed by atoms with Gasteiger partial charge in [-0.15, -0.1) is 35.3 Å². The maximum atomic E-state index is 12.1. The Bertz CT molecular complexity index is 758. The first-order valence-corrected chi connectivity index (χ1v) is 10.2. The van der Waals surface area contributed by atoms with Crippen molar-refractivity contribution in [1.82, 2.24) is 16.0 Å². The second-order valence-electron chi connectivity index (χ2n) is 7.02. The Morgan fingerprint density at radius 3 is 2.50 bits per heavy atom. The third kappa shape index (κ3) is 6.89. The first-order valence-electron chi connectivity index (χ1n) is 9.34. The van der Waals surface area contributed by atoms with Gasteiger partial charge in [0.25, 0.3) is 0 Å². The Morgan fingerprint density at radius 2 is 1.86 bits per heavy atom. The van der Waals surface area contributed by atoms with Crippen molar-refractivity contribution in [3.05, 3.63) is 35.2 Å². The van der Waals surface area contributed by atoms with Gasteiger partial charge >= 0.3 is 0 Å². The molecule has 2 aromatic rings. The van der Waals surface area contributed by atoms with Gasteiger partial charge in [-0.1, -0.05) is 18.2 Å². The molecule has 0 aliphatic heterocycles. The number of nitrogens with zero attached hydrogens (tertiary/aromatic N) is 1. The van der Waals surface area contributed by atoms with E-state index in [4.69, 9.17) is 0 Å². The van der Waals surface area contributed by atoms with Crippen molar-refractivity contribution in [1.29, 1.82) is 0 Å². The van der Waals surface area contributed by atoms with E-state index < -0.39 is 11.5 Å². The van der Waals surface area contributed by atoms with Gasteiger partial charge in [0, 0.05) is 29.2 Å². The Hall–Kier alpha value is -1.39. The van der Waals surface area contributed by atoms with Crippen LogP contribution in [0.5, 0.6) is 0 Å². The molecule has 4 N–H and O–H groups in total. The van der Waals surface area contributed by atoms with Crippen LogP contribution in [0.1, 0.15) is 38.7 Å². The second kappa shape index (κ2) is 11.6. The standard InChI is InChI=1S/C20H30N4O2S.HI/c1-5-21-18(26)20(3,4)13-24-19(22-6-2)23-12-15(25)17-11-14-9-7-8-10-16(14)27-17;/h7-11,15,25H,5-6,12-13H2,1-4H3,(H,21,26)(H2,22,23,24);1H. The van der Waals surface area contributed by atoms with Gasteiger partial charge in [-0.2, -0.15) is 0 Å². The SMILES string of the molecule is CCNC(=O)C(C)(C)CN=C(NCC)NCC(O)c1cc2ccccc2s1.I. The van der Waals surface area contributed by atoms with E-state index >= 15 is 0 Å². The normalized spacial score (nSPS) is 13.0. The van der Waals surface area contributed by atoms with Crippen LogP contribution in [0.2, 0.25) is 0 Å². The Labute approximate surface area is 188 Å². The van der Waals surface area contributed by atoms with Gasteiger partial charge in [-0.05, 0) is 45.2 Å². The lowest BCUT2D eigenvalue weighted by Crippen LogP contribution is -2.42. The molecule has 1 aromatic carbocycles. The molecule has 1 atom stereocenters. The molecule has 1 aromatic heterocycles. The van der Waals surface area contributed by atoms with Crippen LogP contribution < -0.4 is 16.0 Å². The fourth-order valence-corrected chi connectivity index (χ4v) is 3.60. The maximum absolute atomic E-state index is 12.1. The summed E-state index contributed by atoms with van der Waals surface area (Å²) in [5.41, 5.74) is -0.595. The van der Waals surface area contributed by atoms with Crippen molar-refractivity contribution >= 4 is 57.3 Å². The van der Waals surface area contributed by atoms with E-state index in [1.54, 1.807) is 11.3 Å². The Balaban J connectivity index is 0.00000392. The number of aliphatic hydroxyl groups is 1. The Morgan fingerprint density at radius 1 is 1.18 bits per heavy atom. The monoisotopic (exact) mass is 518 g/mol. The first-order chi connectivity index (χ1) is 12.9. The number of guanidine groups is 1. The number of hydrogen-bond acceptors (Lipinski definition) is 4. The fourth-order valence-electron chi connectivity index (χ4n) is 2.55. The number of carbonyl (C=O) groups is 1. The predicted molar refractivity (Wildman–Crippen MR) is 129 cm³/mol. The highest BCUT2D eigenvalue weighted by Crippen LogP contribution is 2.29. The van der Waals surface area contributed by atoms with Gasteiger partial charge in [0.15, 0.2) is 5.96 Å². The van der Waals surface area contributed by atoms with Crippen LogP contribution in [0.25, 0.3) is 10.1 Å². The molecule has 0 saturated heterocycles. The predicted octanol–water partition coefficient (Wildman–Crippen LogP) is 3.27. The van der Waals surface area contributed by atoms with E-state index in [9.17, 15) is 9.90 Å². The first kappa shape index (κ1) is 24.6. The number of carbonyl (C=O) groups excluding carboxylic acids is 1. The number of amides is 1. The minimum atomic E-state index is -0.623. The van der Waals surface area contributed by atoms with Gasteiger partial charge in [0.2, 0.25) is 5.91 Å². The summed E-state index contributed by atoms with van der Waals surface area (Å²) in [7, 11) is 0. The molecule has 0 aliphatic carbocycles. The largest absolute Gasteiger partial charge is 0.386 e. The van der Waals surface area contributed by atoms with E-state index in [2.05, 4.69) is 27.0 Å². The third-order valence-electron chi connectivity index (χ3n) is 4.16. The van der Waals surface area contributed by atoms with E-state index in [0.29, 0.717) is 32.1 Å². The van der Waals surface area contributed by atoms with Gasteiger partial charge in [-0.25, -0.2) is 0 Å². The molecule has 156 valence electrons. The van der Waals surface area contributed by atoms with Gasteiger partial charge in [-0.3, -0.25) is 9.79 Å². The molecule has 0 radical (unpaired) electrons. The zero-order valence-electron chi connectivity index (χ0n) is 16.9. The van der Waals surface area contributed by atoms with Crippen LogP contribution in [0.4, 0.5) is 0 Å². The number of benzene rings is 1. The van der Waals surface area contributed by atoms with E-state index in [-0.39, 0.29) is 29.9 Å². The molecule has 1 unspecified atom stereocenters.